The molecule has 3 aliphatic rings. The number of ether oxygens (including phenoxy) is 1. The van der Waals surface area contributed by atoms with Gasteiger partial charge in [0.05, 0.1) is 12.2 Å². The lowest BCUT2D eigenvalue weighted by molar-refractivity contribution is 0.0319. The number of nitrogens with zero attached hydrogens (tertiary/aromatic N) is 2. The minimum absolute atomic E-state index is 0.0941. The van der Waals surface area contributed by atoms with E-state index in [1.807, 2.05) is 13.0 Å². The van der Waals surface area contributed by atoms with Gasteiger partial charge >= 0.3 is 0 Å². The summed E-state index contributed by atoms with van der Waals surface area (Å²) >= 11 is 0. The van der Waals surface area contributed by atoms with Gasteiger partial charge in [-0.25, -0.2) is 0 Å². The minimum atomic E-state index is 0.0941. The highest BCUT2D eigenvalue weighted by Gasteiger charge is 2.49. The first-order chi connectivity index (χ1) is 11.6. The molecule has 0 heterocycles. The molecule has 2 bridgehead atoms. The molecule has 0 radical (unpaired) electrons. The average Bonchev–Trinajstić information content (AvgIpc) is 2.63. The monoisotopic (exact) mass is 322 g/mol. The Morgan fingerprint density at radius 3 is 2.08 bits per heavy atom. The van der Waals surface area contributed by atoms with E-state index >= 15 is 0 Å². The maximum atomic E-state index is 9.75. The van der Waals surface area contributed by atoms with E-state index in [0.29, 0.717) is 28.9 Å². The van der Waals surface area contributed by atoms with E-state index in [1.54, 1.807) is 0 Å². The summed E-state index contributed by atoms with van der Waals surface area (Å²) in [6.45, 7) is 4.68. The van der Waals surface area contributed by atoms with E-state index in [0.717, 1.165) is 24.8 Å². The Balaban J connectivity index is 2.00. The van der Waals surface area contributed by atoms with Crippen molar-refractivity contribution in [2.45, 2.75) is 70.6 Å². The van der Waals surface area contributed by atoms with Crippen LogP contribution in [0.4, 0.5) is 0 Å². The van der Waals surface area contributed by atoms with Crippen LogP contribution in [-0.2, 0) is 5.41 Å². The summed E-state index contributed by atoms with van der Waals surface area (Å²) in [6.07, 6.45) is 9.85. The summed E-state index contributed by atoms with van der Waals surface area (Å²) in [5.41, 5.74) is 2.70. The van der Waals surface area contributed by atoms with Crippen LogP contribution in [0.3, 0.4) is 0 Å². The van der Waals surface area contributed by atoms with Crippen molar-refractivity contribution in [3.63, 3.8) is 0 Å². The predicted molar refractivity (Wildman–Crippen MR) is 93.8 cm³/mol. The van der Waals surface area contributed by atoms with Crippen molar-refractivity contribution < 1.29 is 4.74 Å². The topological polar surface area (TPSA) is 56.8 Å². The largest absolute Gasteiger partial charge is 0.492 e. The van der Waals surface area contributed by atoms with Crippen molar-refractivity contribution in [2.75, 3.05) is 6.61 Å². The molecule has 3 heteroatoms. The standard InChI is InChI=1S/C21H26N2O/c1-3-7-20-8-11-21(12-9-20,13-10-20)18-5-6-19(24-4-2)17(15-23)16(18)14-22/h5-6H,3-4,7-13H2,1-2H3. The fourth-order valence-electron chi connectivity index (χ4n) is 5.10. The molecule has 3 nitrogen and oxygen atoms in total. The lowest BCUT2D eigenvalue weighted by atomic mass is 9.50. The smallest absolute Gasteiger partial charge is 0.138 e. The molecule has 24 heavy (non-hydrogen) atoms. The molecular weight excluding hydrogens is 296 g/mol. The van der Waals surface area contributed by atoms with Gasteiger partial charge in [-0.3, -0.25) is 0 Å². The van der Waals surface area contributed by atoms with Gasteiger partial charge in [0.1, 0.15) is 23.5 Å². The highest BCUT2D eigenvalue weighted by molar-refractivity contribution is 5.60. The Labute approximate surface area is 145 Å². The van der Waals surface area contributed by atoms with Gasteiger partial charge in [-0.2, -0.15) is 10.5 Å². The van der Waals surface area contributed by atoms with Gasteiger partial charge in [0, 0.05) is 0 Å². The fourth-order valence-corrected chi connectivity index (χ4v) is 5.10. The van der Waals surface area contributed by atoms with Crippen LogP contribution in [0.1, 0.15) is 81.9 Å². The van der Waals surface area contributed by atoms with Gasteiger partial charge in [0.15, 0.2) is 0 Å². The zero-order chi connectivity index (χ0) is 17.2. The molecule has 3 aliphatic carbocycles. The molecule has 0 saturated heterocycles. The summed E-state index contributed by atoms with van der Waals surface area (Å²) in [7, 11) is 0. The van der Waals surface area contributed by atoms with Crippen molar-refractivity contribution in [1.82, 2.24) is 0 Å². The number of nitriles is 2. The summed E-state index contributed by atoms with van der Waals surface area (Å²) < 4.78 is 5.56. The Kier molecular flexibility index (Phi) is 4.55. The fraction of sp³-hybridized carbons (Fsp3) is 0.619. The quantitative estimate of drug-likeness (QED) is 0.746. The van der Waals surface area contributed by atoms with Crippen molar-refractivity contribution in [3.8, 4) is 17.9 Å². The Bertz CT molecular complexity index is 683. The number of hydrogen-bond donors (Lipinski definition) is 0. The van der Waals surface area contributed by atoms with Gasteiger partial charge in [0.25, 0.3) is 0 Å². The van der Waals surface area contributed by atoms with E-state index in [-0.39, 0.29) is 5.41 Å². The van der Waals surface area contributed by atoms with Crippen LogP contribution >= 0.6 is 0 Å². The summed E-state index contributed by atoms with van der Waals surface area (Å²) in [6, 6.07) is 8.49. The number of hydrogen-bond acceptors (Lipinski definition) is 3. The maximum Gasteiger partial charge on any atom is 0.138 e. The Hall–Kier alpha value is -2.00. The lowest BCUT2D eigenvalue weighted by Crippen LogP contribution is -2.44. The molecule has 0 N–H and O–H groups in total. The number of fused-ring (bicyclic) bond motifs is 3. The van der Waals surface area contributed by atoms with E-state index in [9.17, 15) is 10.5 Å². The van der Waals surface area contributed by atoms with Gasteiger partial charge in [-0.05, 0) is 74.3 Å². The molecule has 1 aromatic carbocycles. The second kappa shape index (κ2) is 6.48. The van der Waals surface area contributed by atoms with Crippen molar-refractivity contribution in [3.05, 3.63) is 28.8 Å². The molecule has 126 valence electrons. The molecule has 0 aromatic heterocycles. The molecule has 0 atom stereocenters. The van der Waals surface area contributed by atoms with Gasteiger partial charge < -0.3 is 4.74 Å². The van der Waals surface area contributed by atoms with Crippen LogP contribution in [-0.4, -0.2) is 6.61 Å². The zero-order valence-corrected chi connectivity index (χ0v) is 14.8. The van der Waals surface area contributed by atoms with Crippen LogP contribution in [0, 0.1) is 28.1 Å². The lowest BCUT2D eigenvalue weighted by Gasteiger charge is -2.54. The first-order valence-corrected chi connectivity index (χ1v) is 9.24. The van der Waals surface area contributed by atoms with Crippen LogP contribution < -0.4 is 4.74 Å². The molecule has 3 fully saturated rings. The van der Waals surface area contributed by atoms with E-state index < -0.39 is 0 Å². The van der Waals surface area contributed by atoms with Crippen LogP contribution in [0.2, 0.25) is 0 Å². The van der Waals surface area contributed by atoms with Gasteiger partial charge in [-0.15, -0.1) is 0 Å². The van der Waals surface area contributed by atoms with Crippen molar-refractivity contribution >= 4 is 0 Å². The second-order valence-electron chi connectivity index (χ2n) is 7.55. The van der Waals surface area contributed by atoms with E-state index in [1.165, 1.54) is 32.1 Å². The molecular formula is C21H26N2O. The van der Waals surface area contributed by atoms with Crippen molar-refractivity contribution in [1.29, 1.82) is 10.5 Å². The SMILES string of the molecule is CCCC12CCC(c3ccc(OCC)c(C#N)c3C#N)(CC1)CC2. The summed E-state index contributed by atoms with van der Waals surface area (Å²) in [5.74, 6) is 0.545. The molecule has 1 aromatic rings. The molecule has 0 spiro atoms. The number of rotatable bonds is 5. The molecule has 4 rings (SSSR count). The summed E-state index contributed by atoms with van der Waals surface area (Å²) in [4.78, 5) is 0. The van der Waals surface area contributed by atoms with Crippen LogP contribution in [0.5, 0.6) is 5.75 Å². The molecule has 3 saturated carbocycles. The van der Waals surface area contributed by atoms with Crippen LogP contribution in [0.15, 0.2) is 12.1 Å². The third kappa shape index (κ3) is 2.57. The summed E-state index contributed by atoms with van der Waals surface area (Å²) in [5, 5.41) is 19.3. The third-order valence-corrected chi connectivity index (χ3v) is 6.44. The van der Waals surface area contributed by atoms with Crippen molar-refractivity contribution in [2.24, 2.45) is 5.41 Å². The minimum Gasteiger partial charge on any atom is -0.492 e. The van der Waals surface area contributed by atoms with Gasteiger partial charge in [0.2, 0.25) is 0 Å². The molecule has 0 aliphatic heterocycles. The second-order valence-corrected chi connectivity index (χ2v) is 7.55. The molecule has 0 unspecified atom stereocenters. The Morgan fingerprint density at radius 2 is 1.58 bits per heavy atom. The van der Waals surface area contributed by atoms with E-state index in [2.05, 4.69) is 25.1 Å². The number of benzene rings is 1. The highest BCUT2D eigenvalue weighted by Crippen LogP contribution is 2.60. The first kappa shape index (κ1) is 16.8. The average molecular weight is 322 g/mol. The third-order valence-electron chi connectivity index (χ3n) is 6.44. The van der Waals surface area contributed by atoms with Gasteiger partial charge in [-0.1, -0.05) is 19.4 Å². The Morgan fingerprint density at radius 1 is 0.958 bits per heavy atom. The highest BCUT2D eigenvalue weighted by atomic mass is 16.5. The zero-order valence-electron chi connectivity index (χ0n) is 14.8. The van der Waals surface area contributed by atoms with E-state index in [4.69, 9.17) is 4.74 Å². The first-order valence-electron chi connectivity index (χ1n) is 9.24. The molecule has 0 amide bonds. The van der Waals surface area contributed by atoms with Crippen LogP contribution in [0.25, 0.3) is 0 Å². The predicted octanol–water partition coefficient (Wildman–Crippen LogP) is 5.22. The normalized spacial score (nSPS) is 28.2. The maximum absolute atomic E-state index is 9.75.